The van der Waals surface area contributed by atoms with E-state index in [0.29, 0.717) is 18.3 Å². The molecule has 3 rings (SSSR count). The maximum absolute atomic E-state index is 12.4. The number of amidine groups is 1. The van der Waals surface area contributed by atoms with E-state index in [0.717, 1.165) is 11.1 Å². The number of hydrogen-bond acceptors (Lipinski definition) is 3. The van der Waals surface area contributed by atoms with Crippen LogP contribution in [0.3, 0.4) is 0 Å². The molecular weight excluding hydrogens is 344 g/mol. The molecule has 0 aliphatic heterocycles. The van der Waals surface area contributed by atoms with Gasteiger partial charge in [-0.25, -0.2) is 0 Å². The van der Waals surface area contributed by atoms with E-state index >= 15 is 0 Å². The van der Waals surface area contributed by atoms with E-state index in [1.807, 2.05) is 42.7 Å². The van der Waals surface area contributed by atoms with Crippen LogP contribution in [0.5, 0.6) is 0 Å². The predicted molar refractivity (Wildman–Crippen MR) is 106 cm³/mol. The minimum absolute atomic E-state index is 0.246. The van der Waals surface area contributed by atoms with E-state index in [-0.39, 0.29) is 11.7 Å². The molecule has 0 saturated heterocycles. The number of nitrogens with zero attached hydrogens (tertiary/aromatic N) is 2. The number of rotatable bonds is 5. The second-order valence-corrected chi connectivity index (χ2v) is 6.48. The SMILES string of the molecule is CSC(=NC(=O)c1ccco1)N(Cc1ccccc1)Cc1ccccc1. The van der Waals surface area contributed by atoms with Gasteiger partial charge in [-0.2, -0.15) is 4.99 Å². The van der Waals surface area contributed by atoms with Crippen LogP contribution in [-0.2, 0) is 13.1 Å². The molecule has 0 saturated carbocycles. The summed E-state index contributed by atoms with van der Waals surface area (Å²) < 4.78 is 5.17. The second kappa shape index (κ2) is 9.06. The molecule has 3 aromatic rings. The summed E-state index contributed by atoms with van der Waals surface area (Å²) in [4.78, 5) is 18.8. The van der Waals surface area contributed by atoms with Crippen LogP contribution in [-0.4, -0.2) is 22.2 Å². The summed E-state index contributed by atoms with van der Waals surface area (Å²) in [5.41, 5.74) is 2.33. The van der Waals surface area contributed by atoms with Gasteiger partial charge in [0.1, 0.15) is 0 Å². The van der Waals surface area contributed by atoms with E-state index in [1.54, 1.807) is 12.1 Å². The summed E-state index contributed by atoms with van der Waals surface area (Å²) in [6, 6.07) is 23.7. The van der Waals surface area contributed by atoms with Crippen molar-refractivity contribution >= 4 is 22.8 Å². The van der Waals surface area contributed by atoms with Crippen molar-refractivity contribution < 1.29 is 9.21 Å². The van der Waals surface area contributed by atoms with Gasteiger partial charge in [0, 0.05) is 13.1 Å². The molecule has 0 aliphatic carbocycles. The van der Waals surface area contributed by atoms with E-state index < -0.39 is 0 Å². The Hall–Kier alpha value is -2.79. The minimum atomic E-state index is -0.370. The summed E-state index contributed by atoms with van der Waals surface area (Å²) >= 11 is 1.46. The van der Waals surface area contributed by atoms with E-state index in [1.165, 1.54) is 18.0 Å². The van der Waals surface area contributed by atoms with Crippen LogP contribution >= 0.6 is 11.8 Å². The number of thioether (sulfide) groups is 1. The van der Waals surface area contributed by atoms with Gasteiger partial charge in [0.2, 0.25) is 0 Å². The fraction of sp³-hybridized carbons (Fsp3) is 0.143. The summed E-state index contributed by atoms with van der Waals surface area (Å²) in [5, 5.41) is 0.666. The Kier molecular flexibility index (Phi) is 6.28. The molecule has 0 spiro atoms. The Morgan fingerprint density at radius 1 is 0.923 bits per heavy atom. The first-order valence-corrected chi connectivity index (χ1v) is 9.52. The third kappa shape index (κ3) is 4.86. The molecule has 1 aromatic heterocycles. The zero-order chi connectivity index (χ0) is 18.2. The lowest BCUT2D eigenvalue weighted by atomic mass is 10.2. The molecular formula is C21H20N2O2S. The molecule has 0 unspecified atom stereocenters. The molecule has 26 heavy (non-hydrogen) atoms. The first kappa shape index (κ1) is 18.0. The van der Waals surface area contributed by atoms with E-state index in [4.69, 9.17) is 4.42 Å². The Bertz CT molecular complexity index is 805. The van der Waals surface area contributed by atoms with Gasteiger partial charge >= 0.3 is 5.91 Å². The van der Waals surface area contributed by atoms with Crippen molar-refractivity contribution in [1.29, 1.82) is 0 Å². The van der Waals surface area contributed by atoms with Crippen molar-refractivity contribution in [1.82, 2.24) is 4.90 Å². The predicted octanol–water partition coefficient (Wildman–Crippen LogP) is 4.84. The molecule has 0 bridgehead atoms. The lowest BCUT2D eigenvalue weighted by Gasteiger charge is -2.25. The normalized spacial score (nSPS) is 11.3. The number of carbonyl (C=O) groups excluding carboxylic acids is 1. The highest BCUT2D eigenvalue weighted by Crippen LogP contribution is 2.17. The molecule has 0 fully saturated rings. The summed E-state index contributed by atoms with van der Waals surface area (Å²) in [7, 11) is 0. The van der Waals surface area contributed by atoms with Crippen molar-refractivity contribution in [3.05, 3.63) is 95.9 Å². The molecule has 1 heterocycles. The molecule has 0 N–H and O–H groups in total. The Balaban J connectivity index is 1.87. The summed E-state index contributed by atoms with van der Waals surface area (Å²) in [5.74, 6) is -0.124. The fourth-order valence-electron chi connectivity index (χ4n) is 2.59. The van der Waals surface area contributed by atoms with Gasteiger partial charge in [0.25, 0.3) is 0 Å². The first-order chi connectivity index (χ1) is 12.8. The summed E-state index contributed by atoms with van der Waals surface area (Å²) in [6.45, 7) is 1.34. The van der Waals surface area contributed by atoms with Crippen LogP contribution in [0.1, 0.15) is 21.7 Å². The second-order valence-electron chi connectivity index (χ2n) is 5.71. The molecule has 0 aliphatic rings. The van der Waals surface area contributed by atoms with Crippen LogP contribution < -0.4 is 0 Å². The zero-order valence-electron chi connectivity index (χ0n) is 14.5. The van der Waals surface area contributed by atoms with Crippen molar-refractivity contribution in [2.24, 2.45) is 4.99 Å². The first-order valence-electron chi connectivity index (χ1n) is 8.29. The molecule has 0 atom stereocenters. The Morgan fingerprint density at radius 2 is 1.50 bits per heavy atom. The van der Waals surface area contributed by atoms with E-state index in [9.17, 15) is 4.79 Å². The van der Waals surface area contributed by atoms with Crippen LogP contribution in [0.4, 0.5) is 0 Å². The van der Waals surface area contributed by atoms with Gasteiger partial charge in [0.15, 0.2) is 10.9 Å². The lowest BCUT2D eigenvalue weighted by molar-refractivity contribution is 0.0975. The lowest BCUT2D eigenvalue weighted by Crippen LogP contribution is -2.28. The summed E-state index contributed by atoms with van der Waals surface area (Å²) in [6.07, 6.45) is 3.41. The standard InChI is InChI=1S/C21H20N2O2S/c1-26-21(22-20(24)19-13-8-14-25-19)23(15-17-9-4-2-5-10-17)16-18-11-6-3-7-12-18/h2-14H,15-16H2,1H3. The highest BCUT2D eigenvalue weighted by Gasteiger charge is 2.16. The molecule has 0 radical (unpaired) electrons. The van der Waals surface area contributed by atoms with Gasteiger partial charge in [-0.3, -0.25) is 4.79 Å². The van der Waals surface area contributed by atoms with Gasteiger partial charge < -0.3 is 9.32 Å². The fourth-order valence-corrected chi connectivity index (χ4v) is 3.15. The smallest absolute Gasteiger partial charge is 0.315 e. The van der Waals surface area contributed by atoms with Crippen LogP contribution in [0.25, 0.3) is 0 Å². The van der Waals surface area contributed by atoms with Gasteiger partial charge in [0.05, 0.1) is 6.26 Å². The van der Waals surface area contributed by atoms with Gasteiger partial charge in [-0.15, -0.1) is 0 Å². The Labute approximate surface area is 157 Å². The average molecular weight is 364 g/mol. The van der Waals surface area contributed by atoms with Crippen molar-refractivity contribution in [3.63, 3.8) is 0 Å². The number of amides is 1. The number of hydrogen-bond donors (Lipinski definition) is 0. The third-order valence-electron chi connectivity index (χ3n) is 3.81. The van der Waals surface area contributed by atoms with Gasteiger partial charge in [-0.05, 0) is 29.5 Å². The minimum Gasteiger partial charge on any atom is -0.459 e. The highest BCUT2D eigenvalue weighted by molar-refractivity contribution is 8.13. The van der Waals surface area contributed by atoms with Crippen molar-refractivity contribution in [2.45, 2.75) is 13.1 Å². The average Bonchev–Trinajstić information content (AvgIpc) is 3.22. The molecule has 132 valence electrons. The molecule has 2 aromatic carbocycles. The maximum Gasteiger partial charge on any atom is 0.315 e. The zero-order valence-corrected chi connectivity index (χ0v) is 15.4. The largest absolute Gasteiger partial charge is 0.459 e. The topological polar surface area (TPSA) is 45.8 Å². The highest BCUT2D eigenvalue weighted by atomic mass is 32.2. The Morgan fingerprint density at radius 3 is 1.96 bits per heavy atom. The van der Waals surface area contributed by atoms with E-state index in [2.05, 4.69) is 34.2 Å². The number of aliphatic imine (C=N–C) groups is 1. The van der Waals surface area contributed by atoms with Crippen molar-refractivity contribution in [3.8, 4) is 0 Å². The quantitative estimate of drug-likeness (QED) is 0.480. The monoisotopic (exact) mass is 364 g/mol. The van der Waals surface area contributed by atoms with Gasteiger partial charge in [-0.1, -0.05) is 72.4 Å². The molecule has 4 nitrogen and oxygen atoms in total. The van der Waals surface area contributed by atoms with Crippen LogP contribution in [0.15, 0.2) is 88.5 Å². The maximum atomic E-state index is 12.4. The number of furan rings is 1. The third-order valence-corrected chi connectivity index (χ3v) is 4.53. The molecule has 1 amide bonds. The number of benzene rings is 2. The number of carbonyl (C=O) groups is 1. The van der Waals surface area contributed by atoms with Crippen molar-refractivity contribution in [2.75, 3.05) is 6.26 Å². The molecule has 5 heteroatoms. The van der Waals surface area contributed by atoms with Crippen LogP contribution in [0.2, 0.25) is 0 Å². The van der Waals surface area contributed by atoms with Crippen LogP contribution in [0, 0.1) is 0 Å².